The van der Waals surface area contributed by atoms with Gasteiger partial charge in [-0.3, -0.25) is 4.55 Å². The minimum Gasteiger partial charge on any atom is -0.393 e. The van der Waals surface area contributed by atoms with Crippen molar-refractivity contribution >= 4 is 10.1 Å². The van der Waals surface area contributed by atoms with E-state index < -0.39 is 15.4 Å². The minimum atomic E-state index is -3.88. The fourth-order valence-electron chi connectivity index (χ4n) is 3.28. The maximum atomic E-state index is 11.3. The minimum absolute atomic E-state index is 0.118. The fraction of sp³-hybridized carbons (Fsp3) is 1.00. The van der Waals surface area contributed by atoms with E-state index in [4.69, 9.17) is 0 Å². The maximum absolute atomic E-state index is 11.3. The van der Waals surface area contributed by atoms with Crippen LogP contribution in [0.2, 0.25) is 0 Å². The molecular formula is C20H42O4S. The van der Waals surface area contributed by atoms with E-state index in [1.54, 1.807) is 0 Å². The van der Waals surface area contributed by atoms with Crippen molar-refractivity contribution in [3.8, 4) is 0 Å². The molecule has 2 N–H and O–H groups in total. The lowest BCUT2D eigenvalue weighted by atomic mass is 10.0. The summed E-state index contributed by atoms with van der Waals surface area (Å²) in [7, 11) is -3.88. The Morgan fingerprint density at radius 3 is 1.52 bits per heavy atom. The van der Waals surface area contributed by atoms with Crippen molar-refractivity contribution in [1.82, 2.24) is 0 Å². The van der Waals surface area contributed by atoms with Crippen LogP contribution in [0.3, 0.4) is 0 Å². The molecule has 0 aliphatic heterocycles. The molecule has 0 fully saturated rings. The molecule has 0 aromatic carbocycles. The first-order valence-electron chi connectivity index (χ1n) is 10.6. The number of hydrogen-bond acceptors (Lipinski definition) is 3. The van der Waals surface area contributed by atoms with Gasteiger partial charge in [0.2, 0.25) is 0 Å². The van der Waals surface area contributed by atoms with E-state index in [2.05, 4.69) is 6.92 Å². The van der Waals surface area contributed by atoms with Crippen molar-refractivity contribution in [2.45, 2.75) is 128 Å². The highest BCUT2D eigenvalue weighted by Gasteiger charge is 2.21. The first kappa shape index (κ1) is 24.9. The van der Waals surface area contributed by atoms with E-state index in [1.165, 1.54) is 32.1 Å². The van der Waals surface area contributed by atoms with Crippen molar-refractivity contribution < 1.29 is 18.1 Å². The highest BCUT2D eigenvalue weighted by atomic mass is 32.2. The summed E-state index contributed by atoms with van der Waals surface area (Å²) in [5.74, 6) is 0. The van der Waals surface area contributed by atoms with Crippen molar-refractivity contribution in [3.05, 3.63) is 0 Å². The molecule has 0 aromatic heterocycles. The summed E-state index contributed by atoms with van der Waals surface area (Å²) in [4.78, 5) is 0. The van der Waals surface area contributed by atoms with Crippen LogP contribution >= 0.6 is 0 Å². The molecule has 25 heavy (non-hydrogen) atoms. The Morgan fingerprint density at radius 2 is 1.04 bits per heavy atom. The Bertz CT molecular complexity index is 381. The third-order valence-corrected chi connectivity index (χ3v) is 6.32. The molecule has 0 aliphatic rings. The van der Waals surface area contributed by atoms with Crippen molar-refractivity contribution in [3.63, 3.8) is 0 Å². The zero-order valence-electron chi connectivity index (χ0n) is 16.6. The van der Waals surface area contributed by atoms with Gasteiger partial charge in [0.05, 0.1) is 11.4 Å². The van der Waals surface area contributed by atoms with Crippen LogP contribution in [0.15, 0.2) is 0 Å². The summed E-state index contributed by atoms with van der Waals surface area (Å²) in [5.41, 5.74) is 0. The lowest BCUT2D eigenvalue weighted by molar-refractivity contribution is 0.147. The van der Waals surface area contributed by atoms with Gasteiger partial charge in [0.15, 0.2) is 0 Å². The number of unbranched alkanes of at least 4 members (excludes halogenated alkanes) is 9. The van der Waals surface area contributed by atoms with Gasteiger partial charge in [-0.2, -0.15) is 8.42 Å². The Labute approximate surface area is 156 Å². The van der Waals surface area contributed by atoms with Crippen LogP contribution in [0.1, 0.15) is 117 Å². The summed E-state index contributed by atoms with van der Waals surface area (Å²) >= 11 is 0. The lowest BCUT2D eigenvalue weighted by Crippen LogP contribution is -2.20. The number of rotatable bonds is 18. The summed E-state index contributed by atoms with van der Waals surface area (Å²) in [6, 6.07) is 0. The van der Waals surface area contributed by atoms with E-state index >= 15 is 0 Å². The van der Waals surface area contributed by atoms with Gasteiger partial charge in [-0.1, -0.05) is 90.9 Å². The van der Waals surface area contributed by atoms with Crippen LogP contribution in [-0.2, 0) is 10.1 Å². The number of hydrogen-bond donors (Lipinski definition) is 2. The molecule has 152 valence electrons. The van der Waals surface area contributed by atoms with Gasteiger partial charge in [0, 0.05) is 0 Å². The summed E-state index contributed by atoms with van der Waals surface area (Å²) in [6.07, 6.45) is 16.0. The molecule has 2 unspecified atom stereocenters. The van der Waals surface area contributed by atoms with E-state index in [0.29, 0.717) is 12.8 Å². The van der Waals surface area contributed by atoms with E-state index in [0.717, 1.165) is 57.8 Å². The first-order valence-corrected chi connectivity index (χ1v) is 12.1. The second-order valence-electron chi connectivity index (χ2n) is 7.48. The fourth-order valence-corrected chi connectivity index (χ4v) is 4.21. The molecule has 2 atom stereocenters. The molecule has 0 amide bonds. The van der Waals surface area contributed by atoms with Gasteiger partial charge in [-0.05, 0) is 25.7 Å². The molecule has 0 saturated heterocycles. The van der Waals surface area contributed by atoms with Crippen LogP contribution < -0.4 is 0 Å². The van der Waals surface area contributed by atoms with E-state index in [1.807, 2.05) is 6.92 Å². The Kier molecular flexibility index (Phi) is 16.0. The quantitative estimate of drug-likeness (QED) is 0.230. The van der Waals surface area contributed by atoms with Crippen LogP contribution in [0.25, 0.3) is 0 Å². The van der Waals surface area contributed by atoms with Gasteiger partial charge in [0.25, 0.3) is 10.1 Å². The third kappa shape index (κ3) is 15.8. The Balaban J connectivity index is 3.53. The first-order chi connectivity index (χ1) is 11.9. The average Bonchev–Trinajstić information content (AvgIpc) is 2.55. The Morgan fingerprint density at radius 1 is 0.640 bits per heavy atom. The van der Waals surface area contributed by atoms with Gasteiger partial charge in [-0.15, -0.1) is 0 Å². The normalized spacial score (nSPS) is 14.6. The molecule has 5 heteroatoms. The molecule has 0 aromatic rings. The average molecular weight is 379 g/mol. The molecule has 0 bridgehead atoms. The van der Waals surface area contributed by atoms with Crippen LogP contribution in [0.5, 0.6) is 0 Å². The highest BCUT2D eigenvalue weighted by molar-refractivity contribution is 7.86. The largest absolute Gasteiger partial charge is 0.393 e. The monoisotopic (exact) mass is 378 g/mol. The van der Waals surface area contributed by atoms with Crippen molar-refractivity contribution in [2.24, 2.45) is 0 Å². The molecule has 0 rings (SSSR count). The second-order valence-corrected chi connectivity index (χ2v) is 9.18. The summed E-state index contributed by atoms with van der Waals surface area (Å²) < 4.78 is 32.0. The SMILES string of the molecule is CCCCCC(O)CCCCCCCCCC(CCCC)S(=O)(=O)O. The smallest absolute Gasteiger partial charge is 0.267 e. The lowest BCUT2D eigenvalue weighted by Gasteiger charge is -2.13. The second kappa shape index (κ2) is 16.1. The molecule has 0 saturated carbocycles. The topological polar surface area (TPSA) is 74.6 Å². The number of aliphatic hydroxyl groups excluding tert-OH is 1. The van der Waals surface area contributed by atoms with Crippen molar-refractivity contribution in [2.75, 3.05) is 0 Å². The van der Waals surface area contributed by atoms with Gasteiger partial charge in [-0.25, -0.2) is 0 Å². The van der Waals surface area contributed by atoms with Crippen LogP contribution in [-0.4, -0.2) is 29.4 Å². The predicted molar refractivity (Wildman–Crippen MR) is 107 cm³/mol. The van der Waals surface area contributed by atoms with E-state index in [9.17, 15) is 18.1 Å². The summed E-state index contributed by atoms with van der Waals surface area (Å²) in [6.45, 7) is 4.21. The van der Waals surface area contributed by atoms with Crippen molar-refractivity contribution in [1.29, 1.82) is 0 Å². The molecule has 0 aliphatic carbocycles. The highest BCUT2D eigenvalue weighted by Crippen LogP contribution is 2.18. The van der Waals surface area contributed by atoms with Crippen LogP contribution in [0.4, 0.5) is 0 Å². The molecule has 0 heterocycles. The van der Waals surface area contributed by atoms with Gasteiger partial charge in [0.1, 0.15) is 0 Å². The summed E-state index contributed by atoms with van der Waals surface area (Å²) in [5, 5.41) is 9.29. The van der Waals surface area contributed by atoms with E-state index in [-0.39, 0.29) is 6.10 Å². The molecule has 4 nitrogen and oxygen atoms in total. The van der Waals surface area contributed by atoms with Gasteiger partial charge >= 0.3 is 0 Å². The molecule has 0 spiro atoms. The zero-order valence-corrected chi connectivity index (χ0v) is 17.4. The van der Waals surface area contributed by atoms with Crippen LogP contribution in [0, 0.1) is 0 Å². The standard InChI is InChI=1S/C20H42O4S/c1-3-5-12-15-19(21)16-13-10-8-7-9-11-14-18-20(17-6-4-2)25(22,23)24/h19-21H,3-18H2,1-2H3,(H,22,23,24). The Hall–Kier alpha value is -0.130. The molecule has 0 radical (unpaired) electrons. The number of aliphatic hydroxyl groups is 1. The zero-order chi connectivity index (χ0) is 19.0. The van der Waals surface area contributed by atoms with Gasteiger partial charge < -0.3 is 5.11 Å². The molecular weight excluding hydrogens is 336 g/mol. The third-order valence-electron chi connectivity index (χ3n) is 5.01. The predicted octanol–water partition coefficient (Wildman–Crippen LogP) is 5.89. The maximum Gasteiger partial charge on any atom is 0.267 e.